The first-order valence-corrected chi connectivity index (χ1v) is 7.41. The van der Waals surface area contributed by atoms with Gasteiger partial charge in [0.2, 0.25) is 0 Å². The molecule has 0 aliphatic heterocycles. The van der Waals surface area contributed by atoms with Crippen LogP contribution in [0.5, 0.6) is 0 Å². The number of nitrogens with zero attached hydrogens (tertiary/aromatic N) is 1. The summed E-state index contributed by atoms with van der Waals surface area (Å²) in [5.41, 5.74) is 2.24. The number of fused-ring (bicyclic) bond motifs is 1. The molecule has 0 amide bonds. The Morgan fingerprint density at radius 2 is 1.80 bits per heavy atom. The van der Waals surface area contributed by atoms with E-state index in [9.17, 15) is 4.79 Å². The van der Waals surface area contributed by atoms with Gasteiger partial charge in [0.25, 0.3) is 5.56 Å². The van der Waals surface area contributed by atoms with Gasteiger partial charge in [-0.05, 0) is 22.4 Å². The minimum Gasteiger partial charge on any atom is -0.306 e. The predicted octanol–water partition coefficient (Wildman–Crippen LogP) is 3.95. The molecule has 0 unspecified atom stereocenters. The second-order valence-corrected chi connectivity index (χ2v) is 6.78. The second kappa shape index (κ2) is 4.56. The summed E-state index contributed by atoms with van der Waals surface area (Å²) >= 11 is 1.49. The van der Waals surface area contributed by atoms with Gasteiger partial charge in [-0.25, -0.2) is 4.98 Å². The van der Waals surface area contributed by atoms with E-state index in [-0.39, 0.29) is 11.0 Å². The standard InChI is InChI=1S/C16H16N2OS/c1-16(2,3)11-6-4-10(5-7-11)13-17-14(19)12-8-9-20-15(12)18-13/h4-9H,1-3H3,(H,17,18,19). The fourth-order valence-corrected chi connectivity index (χ4v) is 2.89. The molecule has 3 nitrogen and oxygen atoms in total. The van der Waals surface area contributed by atoms with Gasteiger partial charge in [-0.1, -0.05) is 45.0 Å². The molecule has 3 rings (SSSR count). The summed E-state index contributed by atoms with van der Waals surface area (Å²) in [6.07, 6.45) is 0. The maximum atomic E-state index is 12.0. The molecular weight excluding hydrogens is 268 g/mol. The Bertz CT molecular complexity index is 807. The summed E-state index contributed by atoms with van der Waals surface area (Å²) in [7, 11) is 0. The van der Waals surface area contributed by atoms with E-state index < -0.39 is 0 Å². The van der Waals surface area contributed by atoms with Crippen molar-refractivity contribution >= 4 is 21.6 Å². The smallest absolute Gasteiger partial charge is 0.259 e. The van der Waals surface area contributed by atoms with Crippen molar-refractivity contribution in [3.8, 4) is 11.4 Å². The second-order valence-electron chi connectivity index (χ2n) is 5.88. The number of nitrogens with one attached hydrogen (secondary N) is 1. The summed E-state index contributed by atoms with van der Waals surface area (Å²) in [6, 6.07) is 10.0. The van der Waals surface area contributed by atoms with Crippen molar-refractivity contribution in [3.05, 3.63) is 51.6 Å². The van der Waals surface area contributed by atoms with Crippen LogP contribution in [0.15, 0.2) is 40.5 Å². The number of H-pyrrole nitrogens is 1. The topological polar surface area (TPSA) is 45.8 Å². The molecule has 0 spiro atoms. The Kier molecular flexibility index (Phi) is 2.98. The van der Waals surface area contributed by atoms with Gasteiger partial charge in [-0.3, -0.25) is 4.79 Å². The normalized spacial score (nSPS) is 11.9. The van der Waals surface area contributed by atoms with Crippen molar-refractivity contribution in [1.29, 1.82) is 0 Å². The van der Waals surface area contributed by atoms with Crippen molar-refractivity contribution < 1.29 is 0 Å². The largest absolute Gasteiger partial charge is 0.306 e. The van der Waals surface area contributed by atoms with E-state index in [1.165, 1.54) is 16.9 Å². The number of hydrogen-bond donors (Lipinski definition) is 1. The zero-order chi connectivity index (χ0) is 14.3. The van der Waals surface area contributed by atoms with E-state index >= 15 is 0 Å². The monoisotopic (exact) mass is 284 g/mol. The molecule has 0 fully saturated rings. The first-order chi connectivity index (χ1) is 9.45. The van der Waals surface area contributed by atoms with Crippen LogP contribution in [0.4, 0.5) is 0 Å². The van der Waals surface area contributed by atoms with Crippen LogP contribution in [0.1, 0.15) is 26.3 Å². The molecule has 0 bridgehead atoms. The molecule has 0 aliphatic rings. The van der Waals surface area contributed by atoms with Crippen LogP contribution in [-0.4, -0.2) is 9.97 Å². The molecule has 4 heteroatoms. The van der Waals surface area contributed by atoms with Crippen LogP contribution in [-0.2, 0) is 5.41 Å². The van der Waals surface area contributed by atoms with Gasteiger partial charge in [0.15, 0.2) is 0 Å². The van der Waals surface area contributed by atoms with Crippen LogP contribution in [0.2, 0.25) is 0 Å². The number of aromatic nitrogens is 2. The molecule has 3 aromatic rings. The van der Waals surface area contributed by atoms with Crippen molar-refractivity contribution in [2.45, 2.75) is 26.2 Å². The highest BCUT2D eigenvalue weighted by molar-refractivity contribution is 7.16. The van der Waals surface area contributed by atoms with Gasteiger partial charge >= 0.3 is 0 Å². The average Bonchev–Trinajstić information content (AvgIpc) is 2.86. The maximum absolute atomic E-state index is 12.0. The lowest BCUT2D eigenvalue weighted by atomic mass is 9.87. The molecule has 0 radical (unpaired) electrons. The highest BCUT2D eigenvalue weighted by Gasteiger charge is 2.14. The van der Waals surface area contributed by atoms with E-state index in [2.05, 4.69) is 42.9 Å². The Morgan fingerprint density at radius 3 is 2.45 bits per heavy atom. The zero-order valence-electron chi connectivity index (χ0n) is 11.7. The van der Waals surface area contributed by atoms with Crippen LogP contribution in [0, 0.1) is 0 Å². The summed E-state index contributed by atoms with van der Waals surface area (Å²) < 4.78 is 0. The molecule has 20 heavy (non-hydrogen) atoms. The van der Waals surface area contributed by atoms with Gasteiger partial charge in [-0.2, -0.15) is 0 Å². The SMILES string of the molecule is CC(C)(C)c1ccc(-c2nc3sccc3c(=O)[nH]2)cc1. The third-order valence-electron chi connectivity index (χ3n) is 3.36. The van der Waals surface area contributed by atoms with E-state index in [4.69, 9.17) is 0 Å². The average molecular weight is 284 g/mol. The first-order valence-electron chi connectivity index (χ1n) is 6.53. The van der Waals surface area contributed by atoms with Gasteiger partial charge in [0.05, 0.1) is 5.39 Å². The van der Waals surface area contributed by atoms with Crippen molar-refractivity contribution in [1.82, 2.24) is 9.97 Å². The molecule has 0 saturated carbocycles. The van der Waals surface area contributed by atoms with Crippen LogP contribution < -0.4 is 5.56 Å². The molecule has 102 valence electrons. The van der Waals surface area contributed by atoms with Crippen molar-refractivity contribution in [2.75, 3.05) is 0 Å². The molecular formula is C16H16N2OS. The van der Waals surface area contributed by atoms with Crippen LogP contribution >= 0.6 is 11.3 Å². The number of thiophene rings is 1. The number of aromatic amines is 1. The van der Waals surface area contributed by atoms with Gasteiger partial charge < -0.3 is 4.98 Å². The Hall–Kier alpha value is -1.94. The summed E-state index contributed by atoms with van der Waals surface area (Å²) in [5.74, 6) is 0.630. The third kappa shape index (κ3) is 2.27. The first kappa shape index (κ1) is 13.1. The highest BCUT2D eigenvalue weighted by atomic mass is 32.1. The van der Waals surface area contributed by atoms with Crippen LogP contribution in [0.3, 0.4) is 0 Å². The van der Waals surface area contributed by atoms with Gasteiger partial charge in [-0.15, -0.1) is 11.3 Å². The minimum atomic E-state index is -0.0776. The fraction of sp³-hybridized carbons (Fsp3) is 0.250. The molecule has 0 saturated heterocycles. The highest BCUT2D eigenvalue weighted by Crippen LogP contribution is 2.25. The van der Waals surface area contributed by atoms with Crippen molar-refractivity contribution in [2.24, 2.45) is 0 Å². The summed E-state index contributed by atoms with van der Waals surface area (Å²) in [5, 5.41) is 2.55. The third-order valence-corrected chi connectivity index (χ3v) is 4.17. The Labute approximate surface area is 121 Å². The molecule has 2 aromatic heterocycles. The molecule has 2 heterocycles. The lowest BCUT2D eigenvalue weighted by molar-refractivity contribution is 0.590. The molecule has 0 aliphatic carbocycles. The molecule has 0 atom stereocenters. The van der Waals surface area contributed by atoms with Gasteiger partial charge in [0, 0.05) is 5.56 Å². The van der Waals surface area contributed by atoms with E-state index in [0.717, 1.165) is 10.4 Å². The zero-order valence-corrected chi connectivity index (χ0v) is 12.5. The minimum absolute atomic E-state index is 0.0776. The van der Waals surface area contributed by atoms with E-state index in [1.54, 1.807) is 6.07 Å². The summed E-state index contributed by atoms with van der Waals surface area (Å²) in [4.78, 5) is 20.1. The van der Waals surface area contributed by atoms with Gasteiger partial charge in [0.1, 0.15) is 10.7 Å². The number of benzene rings is 1. The molecule has 1 aromatic carbocycles. The lowest BCUT2D eigenvalue weighted by Gasteiger charge is -2.19. The Balaban J connectivity index is 2.09. The predicted molar refractivity (Wildman–Crippen MR) is 84.4 cm³/mol. The quantitative estimate of drug-likeness (QED) is 0.735. The lowest BCUT2D eigenvalue weighted by Crippen LogP contribution is -2.11. The van der Waals surface area contributed by atoms with E-state index in [0.29, 0.717) is 11.2 Å². The van der Waals surface area contributed by atoms with Crippen molar-refractivity contribution in [3.63, 3.8) is 0 Å². The number of hydrogen-bond acceptors (Lipinski definition) is 3. The summed E-state index contributed by atoms with van der Waals surface area (Å²) in [6.45, 7) is 6.54. The maximum Gasteiger partial charge on any atom is 0.259 e. The number of rotatable bonds is 1. The van der Waals surface area contributed by atoms with Crippen LogP contribution in [0.25, 0.3) is 21.6 Å². The Morgan fingerprint density at radius 1 is 1.10 bits per heavy atom. The molecule has 1 N–H and O–H groups in total. The van der Waals surface area contributed by atoms with E-state index in [1.807, 2.05) is 17.5 Å². The fourth-order valence-electron chi connectivity index (χ4n) is 2.13.